The van der Waals surface area contributed by atoms with E-state index in [1.165, 1.54) is 6.07 Å². The lowest BCUT2D eigenvalue weighted by molar-refractivity contribution is 0.0937. The highest BCUT2D eigenvalue weighted by molar-refractivity contribution is 5.94. The van der Waals surface area contributed by atoms with Gasteiger partial charge in [-0.25, -0.2) is 0 Å². The molecule has 5 nitrogen and oxygen atoms in total. The minimum absolute atomic E-state index is 0.0531. The molecule has 0 fully saturated rings. The Kier molecular flexibility index (Phi) is 4.87. The molecule has 5 heteroatoms. The van der Waals surface area contributed by atoms with Crippen molar-refractivity contribution >= 4 is 5.91 Å². The summed E-state index contributed by atoms with van der Waals surface area (Å²) in [6.07, 6.45) is 3.52. The van der Waals surface area contributed by atoms with E-state index in [2.05, 4.69) is 22.2 Å². The fourth-order valence-corrected chi connectivity index (χ4v) is 2.13. The van der Waals surface area contributed by atoms with Crippen molar-refractivity contribution < 1.29 is 4.79 Å². The molecular weight excluding hydrogens is 266 g/mol. The topological polar surface area (TPSA) is 74.8 Å². The molecular formula is C16H19N3O2. The second-order valence-electron chi connectivity index (χ2n) is 4.99. The molecule has 0 spiro atoms. The molecule has 2 N–H and O–H groups in total. The van der Waals surface area contributed by atoms with Crippen molar-refractivity contribution in [2.24, 2.45) is 0 Å². The van der Waals surface area contributed by atoms with Gasteiger partial charge >= 0.3 is 0 Å². The SMILES string of the molecule is CCC[C@H](C)NC(=O)c1ccc(-c2ccccn2)[nH]c1=O. The highest BCUT2D eigenvalue weighted by atomic mass is 16.2. The van der Waals surface area contributed by atoms with Gasteiger partial charge in [-0.05, 0) is 37.6 Å². The summed E-state index contributed by atoms with van der Waals surface area (Å²) in [5.74, 6) is -0.343. The van der Waals surface area contributed by atoms with Gasteiger partial charge in [0.05, 0.1) is 11.4 Å². The van der Waals surface area contributed by atoms with E-state index in [1.807, 2.05) is 13.0 Å². The van der Waals surface area contributed by atoms with E-state index in [-0.39, 0.29) is 17.5 Å². The van der Waals surface area contributed by atoms with Gasteiger partial charge in [0, 0.05) is 12.2 Å². The van der Waals surface area contributed by atoms with E-state index >= 15 is 0 Å². The smallest absolute Gasteiger partial charge is 0.261 e. The van der Waals surface area contributed by atoms with Crippen molar-refractivity contribution in [1.29, 1.82) is 0 Å². The van der Waals surface area contributed by atoms with Gasteiger partial charge in [0.25, 0.3) is 11.5 Å². The lowest BCUT2D eigenvalue weighted by Gasteiger charge is -2.12. The van der Waals surface area contributed by atoms with Gasteiger partial charge in [-0.2, -0.15) is 0 Å². The minimum atomic E-state index is -0.403. The fraction of sp³-hybridized carbons (Fsp3) is 0.312. The Bertz CT molecular complexity index is 665. The fourth-order valence-electron chi connectivity index (χ4n) is 2.13. The Morgan fingerprint density at radius 3 is 2.76 bits per heavy atom. The Morgan fingerprint density at radius 1 is 1.33 bits per heavy atom. The predicted molar refractivity (Wildman–Crippen MR) is 82.1 cm³/mol. The van der Waals surface area contributed by atoms with E-state index in [0.29, 0.717) is 11.4 Å². The average Bonchev–Trinajstić information content (AvgIpc) is 2.48. The maximum Gasteiger partial charge on any atom is 0.261 e. The van der Waals surface area contributed by atoms with Gasteiger partial charge in [0.15, 0.2) is 0 Å². The van der Waals surface area contributed by atoms with Gasteiger partial charge in [0.1, 0.15) is 5.56 Å². The Hall–Kier alpha value is -2.43. The van der Waals surface area contributed by atoms with Crippen LogP contribution in [0.2, 0.25) is 0 Å². The second kappa shape index (κ2) is 6.83. The number of H-pyrrole nitrogens is 1. The normalized spacial score (nSPS) is 11.9. The monoisotopic (exact) mass is 285 g/mol. The number of carbonyl (C=O) groups excluding carboxylic acids is 1. The molecule has 0 aliphatic heterocycles. The number of nitrogens with one attached hydrogen (secondary N) is 2. The van der Waals surface area contributed by atoms with Crippen LogP contribution in [0.5, 0.6) is 0 Å². The molecule has 0 saturated carbocycles. The van der Waals surface area contributed by atoms with E-state index < -0.39 is 5.56 Å². The predicted octanol–water partition coefficient (Wildman–Crippen LogP) is 2.36. The maximum atomic E-state index is 12.1. The number of amides is 1. The standard InChI is InChI=1S/C16H19N3O2/c1-3-6-11(2)18-15(20)12-8-9-14(19-16(12)21)13-7-4-5-10-17-13/h4-5,7-11H,3,6H2,1-2H3,(H,18,20)(H,19,21)/t11-/m0/s1. The first kappa shape index (κ1) is 15.0. The van der Waals surface area contributed by atoms with Crippen LogP contribution in [0.15, 0.2) is 41.3 Å². The van der Waals surface area contributed by atoms with E-state index in [1.54, 1.807) is 24.4 Å². The minimum Gasteiger partial charge on any atom is -0.349 e. The number of carbonyl (C=O) groups is 1. The van der Waals surface area contributed by atoms with Crippen LogP contribution in [0.3, 0.4) is 0 Å². The second-order valence-corrected chi connectivity index (χ2v) is 4.99. The molecule has 0 saturated heterocycles. The quantitative estimate of drug-likeness (QED) is 0.885. The molecule has 0 aromatic carbocycles. The summed E-state index contributed by atoms with van der Waals surface area (Å²) in [6, 6.07) is 8.73. The first-order chi connectivity index (χ1) is 10.1. The molecule has 2 aromatic rings. The van der Waals surface area contributed by atoms with Crippen LogP contribution >= 0.6 is 0 Å². The Morgan fingerprint density at radius 2 is 2.14 bits per heavy atom. The van der Waals surface area contributed by atoms with E-state index in [4.69, 9.17) is 0 Å². The Labute approximate surface area is 123 Å². The molecule has 1 amide bonds. The summed E-state index contributed by atoms with van der Waals surface area (Å²) < 4.78 is 0. The lowest BCUT2D eigenvalue weighted by atomic mass is 10.1. The van der Waals surface area contributed by atoms with Crippen LogP contribution in [0.1, 0.15) is 37.0 Å². The Balaban J connectivity index is 2.20. The molecule has 0 bridgehead atoms. The third-order valence-electron chi connectivity index (χ3n) is 3.19. The molecule has 0 radical (unpaired) electrons. The van der Waals surface area contributed by atoms with Crippen molar-refractivity contribution in [3.8, 4) is 11.4 Å². The molecule has 2 heterocycles. The third kappa shape index (κ3) is 3.78. The third-order valence-corrected chi connectivity index (χ3v) is 3.19. The average molecular weight is 285 g/mol. The summed E-state index contributed by atoms with van der Waals surface area (Å²) in [7, 11) is 0. The first-order valence-electron chi connectivity index (χ1n) is 7.07. The van der Waals surface area contributed by atoms with Crippen LogP contribution in [-0.2, 0) is 0 Å². The molecule has 110 valence electrons. The number of rotatable bonds is 5. The van der Waals surface area contributed by atoms with Crippen LogP contribution in [0, 0.1) is 0 Å². The van der Waals surface area contributed by atoms with Crippen molar-refractivity contribution in [2.75, 3.05) is 0 Å². The zero-order valence-corrected chi connectivity index (χ0v) is 12.2. The van der Waals surface area contributed by atoms with Crippen molar-refractivity contribution in [3.05, 3.63) is 52.4 Å². The number of hydrogen-bond donors (Lipinski definition) is 2. The molecule has 2 aromatic heterocycles. The van der Waals surface area contributed by atoms with E-state index in [0.717, 1.165) is 12.8 Å². The zero-order chi connectivity index (χ0) is 15.2. The summed E-state index contributed by atoms with van der Waals surface area (Å²) in [5, 5.41) is 2.82. The van der Waals surface area contributed by atoms with E-state index in [9.17, 15) is 9.59 Å². The number of hydrogen-bond acceptors (Lipinski definition) is 3. The number of aromatic nitrogens is 2. The molecule has 1 atom stereocenters. The summed E-state index contributed by atoms with van der Waals surface area (Å²) in [4.78, 5) is 31.0. The van der Waals surface area contributed by atoms with Crippen molar-refractivity contribution in [2.45, 2.75) is 32.7 Å². The molecule has 21 heavy (non-hydrogen) atoms. The lowest BCUT2D eigenvalue weighted by Crippen LogP contribution is -2.35. The van der Waals surface area contributed by atoms with Gasteiger partial charge in [-0.3, -0.25) is 14.6 Å². The highest BCUT2D eigenvalue weighted by Crippen LogP contribution is 2.11. The van der Waals surface area contributed by atoms with Gasteiger partial charge in [-0.1, -0.05) is 19.4 Å². The molecule has 0 aliphatic rings. The first-order valence-corrected chi connectivity index (χ1v) is 7.07. The summed E-state index contributed by atoms with van der Waals surface area (Å²) in [5.41, 5.74) is 0.983. The van der Waals surface area contributed by atoms with Gasteiger partial charge in [-0.15, -0.1) is 0 Å². The van der Waals surface area contributed by atoms with Crippen molar-refractivity contribution in [1.82, 2.24) is 15.3 Å². The van der Waals surface area contributed by atoms with Crippen LogP contribution < -0.4 is 10.9 Å². The van der Waals surface area contributed by atoms with Crippen LogP contribution in [-0.4, -0.2) is 21.9 Å². The van der Waals surface area contributed by atoms with Crippen molar-refractivity contribution in [3.63, 3.8) is 0 Å². The maximum absolute atomic E-state index is 12.1. The number of pyridine rings is 2. The molecule has 0 unspecified atom stereocenters. The molecule has 2 rings (SSSR count). The highest BCUT2D eigenvalue weighted by Gasteiger charge is 2.13. The van der Waals surface area contributed by atoms with Crippen LogP contribution in [0.4, 0.5) is 0 Å². The zero-order valence-electron chi connectivity index (χ0n) is 12.2. The van der Waals surface area contributed by atoms with Crippen LogP contribution in [0.25, 0.3) is 11.4 Å². The van der Waals surface area contributed by atoms with Gasteiger partial charge in [0.2, 0.25) is 0 Å². The van der Waals surface area contributed by atoms with Gasteiger partial charge < -0.3 is 10.3 Å². The summed E-state index contributed by atoms with van der Waals surface area (Å²) >= 11 is 0. The molecule has 0 aliphatic carbocycles. The summed E-state index contributed by atoms with van der Waals surface area (Å²) in [6.45, 7) is 3.98. The number of nitrogens with zero attached hydrogens (tertiary/aromatic N) is 1. The number of aromatic amines is 1. The largest absolute Gasteiger partial charge is 0.349 e.